The van der Waals surface area contributed by atoms with E-state index in [1.807, 2.05) is 0 Å². The molecule has 7 nitrogen and oxygen atoms in total. The monoisotopic (exact) mass is 404 g/mol. The van der Waals surface area contributed by atoms with E-state index in [9.17, 15) is 13.2 Å². The summed E-state index contributed by atoms with van der Waals surface area (Å²) in [6.45, 7) is -0.238. The number of anilines is 1. The van der Waals surface area contributed by atoms with Crippen molar-refractivity contribution in [1.82, 2.24) is 4.31 Å². The number of halogens is 1. The highest BCUT2D eigenvalue weighted by Gasteiger charge is 2.30. The fourth-order valence-electron chi connectivity index (χ4n) is 3.18. The second-order valence-electron chi connectivity index (χ2n) is 6.34. The van der Waals surface area contributed by atoms with Crippen molar-refractivity contribution in [2.24, 2.45) is 0 Å². The van der Waals surface area contributed by atoms with Gasteiger partial charge in [0.15, 0.2) is 0 Å². The van der Waals surface area contributed by atoms with Crippen molar-refractivity contribution in [1.29, 1.82) is 0 Å². The second kappa shape index (κ2) is 8.92. The number of carbonyl (C=O) groups excluding carboxylic acids is 1. The van der Waals surface area contributed by atoms with Crippen molar-refractivity contribution < 1.29 is 22.7 Å². The maximum Gasteiger partial charge on any atom is 0.239 e. The number of carbonyl (C=O) groups is 1. The predicted molar refractivity (Wildman–Crippen MR) is 102 cm³/mol. The number of amides is 1. The van der Waals surface area contributed by atoms with Crippen LogP contribution in [0.1, 0.15) is 32.1 Å². The highest BCUT2D eigenvalue weighted by atomic mass is 35.5. The van der Waals surface area contributed by atoms with Crippen molar-refractivity contribution in [3.8, 4) is 11.5 Å². The zero-order chi connectivity index (χ0) is 19.3. The number of ether oxygens (including phenoxy) is 2. The van der Waals surface area contributed by atoms with Gasteiger partial charge in [0.05, 0.1) is 37.7 Å². The van der Waals surface area contributed by atoms with E-state index in [2.05, 4.69) is 5.32 Å². The van der Waals surface area contributed by atoms with Gasteiger partial charge in [-0.3, -0.25) is 4.79 Å². The first-order chi connectivity index (χ1) is 12.3. The van der Waals surface area contributed by atoms with Crippen LogP contribution in [0.4, 0.5) is 5.69 Å². The molecule has 0 aliphatic heterocycles. The molecule has 0 bridgehead atoms. The smallest absolute Gasteiger partial charge is 0.239 e. The predicted octanol–water partition coefficient (Wildman–Crippen LogP) is 2.89. The lowest BCUT2D eigenvalue weighted by molar-refractivity contribution is -0.116. The topological polar surface area (TPSA) is 84.9 Å². The number of rotatable bonds is 7. The zero-order valence-corrected chi connectivity index (χ0v) is 16.8. The summed E-state index contributed by atoms with van der Waals surface area (Å²) in [6.07, 6.45) is 5.74. The van der Waals surface area contributed by atoms with Crippen LogP contribution < -0.4 is 14.8 Å². The van der Waals surface area contributed by atoms with Gasteiger partial charge in [-0.1, -0.05) is 30.9 Å². The number of sulfonamides is 1. The van der Waals surface area contributed by atoms with Crippen LogP contribution in [0.3, 0.4) is 0 Å². The molecule has 0 saturated heterocycles. The standard InChI is InChI=1S/C17H25ClN2O5S/c1-24-15-10-14(16(25-2)9-13(15)18)19-17(21)11-20(26(3,22)23)12-7-5-4-6-8-12/h9-10,12H,4-8,11H2,1-3H3,(H,19,21). The maximum absolute atomic E-state index is 12.5. The SMILES string of the molecule is COc1cc(NC(=O)CN(C2CCCCC2)S(C)(=O)=O)c(OC)cc1Cl. The van der Waals surface area contributed by atoms with Gasteiger partial charge in [0.1, 0.15) is 11.5 Å². The Hall–Kier alpha value is -1.51. The molecular formula is C17H25ClN2O5S. The molecule has 1 aliphatic rings. The van der Waals surface area contributed by atoms with Gasteiger partial charge in [0.25, 0.3) is 0 Å². The number of methoxy groups -OCH3 is 2. The quantitative estimate of drug-likeness (QED) is 0.755. The molecule has 9 heteroatoms. The Morgan fingerprint density at radius 3 is 2.35 bits per heavy atom. The van der Waals surface area contributed by atoms with Crippen molar-refractivity contribution in [3.63, 3.8) is 0 Å². The van der Waals surface area contributed by atoms with Gasteiger partial charge in [0, 0.05) is 18.2 Å². The van der Waals surface area contributed by atoms with E-state index in [0.29, 0.717) is 22.2 Å². The van der Waals surface area contributed by atoms with Crippen molar-refractivity contribution in [2.45, 2.75) is 38.1 Å². The van der Waals surface area contributed by atoms with E-state index in [-0.39, 0.29) is 12.6 Å². The number of nitrogens with zero attached hydrogens (tertiary/aromatic N) is 1. The highest BCUT2D eigenvalue weighted by molar-refractivity contribution is 7.88. The molecule has 0 heterocycles. The Bertz CT molecular complexity index is 748. The van der Waals surface area contributed by atoms with Gasteiger partial charge in [-0.05, 0) is 12.8 Å². The molecule has 0 aromatic heterocycles. The van der Waals surface area contributed by atoms with Crippen LogP contribution in [-0.2, 0) is 14.8 Å². The third kappa shape index (κ3) is 5.25. The van der Waals surface area contributed by atoms with E-state index in [1.54, 1.807) is 6.07 Å². The molecular weight excluding hydrogens is 380 g/mol. The minimum atomic E-state index is -3.49. The summed E-state index contributed by atoms with van der Waals surface area (Å²) in [5, 5.41) is 3.05. The van der Waals surface area contributed by atoms with E-state index < -0.39 is 15.9 Å². The molecule has 1 aromatic rings. The first-order valence-electron chi connectivity index (χ1n) is 8.44. The second-order valence-corrected chi connectivity index (χ2v) is 8.68. The number of hydrogen-bond acceptors (Lipinski definition) is 5. The molecule has 2 rings (SSSR count). The summed E-state index contributed by atoms with van der Waals surface area (Å²) in [6, 6.07) is 2.95. The summed E-state index contributed by atoms with van der Waals surface area (Å²) in [7, 11) is -0.569. The minimum absolute atomic E-state index is 0.133. The van der Waals surface area contributed by atoms with E-state index >= 15 is 0 Å². The van der Waals surface area contributed by atoms with Crippen LogP contribution in [0.5, 0.6) is 11.5 Å². The molecule has 0 radical (unpaired) electrons. The fourth-order valence-corrected chi connectivity index (χ4v) is 4.51. The maximum atomic E-state index is 12.5. The minimum Gasteiger partial charge on any atom is -0.495 e. The molecule has 1 N–H and O–H groups in total. The molecule has 146 valence electrons. The van der Waals surface area contributed by atoms with Crippen molar-refractivity contribution in [2.75, 3.05) is 32.3 Å². The van der Waals surface area contributed by atoms with Gasteiger partial charge in [-0.15, -0.1) is 0 Å². The highest BCUT2D eigenvalue weighted by Crippen LogP contribution is 2.36. The first kappa shape index (κ1) is 20.8. The molecule has 1 amide bonds. The van der Waals surface area contributed by atoms with Crippen LogP contribution in [0.2, 0.25) is 5.02 Å². The average molecular weight is 405 g/mol. The van der Waals surface area contributed by atoms with Crippen LogP contribution in [-0.4, -0.2) is 51.7 Å². The van der Waals surface area contributed by atoms with Crippen LogP contribution in [0, 0.1) is 0 Å². The Morgan fingerprint density at radius 1 is 1.19 bits per heavy atom. The summed E-state index contributed by atoms with van der Waals surface area (Å²) >= 11 is 6.06. The number of hydrogen-bond donors (Lipinski definition) is 1. The summed E-state index contributed by atoms with van der Waals surface area (Å²) in [5.74, 6) is 0.311. The molecule has 1 saturated carbocycles. The largest absolute Gasteiger partial charge is 0.495 e. The van der Waals surface area contributed by atoms with Crippen LogP contribution in [0.25, 0.3) is 0 Å². The summed E-state index contributed by atoms with van der Waals surface area (Å²) < 4.78 is 36.0. The Morgan fingerprint density at radius 2 is 1.81 bits per heavy atom. The fraction of sp³-hybridized carbons (Fsp3) is 0.588. The first-order valence-corrected chi connectivity index (χ1v) is 10.7. The van der Waals surface area contributed by atoms with Gasteiger partial charge in [-0.25, -0.2) is 8.42 Å². The molecule has 0 atom stereocenters. The molecule has 1 aliphatic carbocycles. The summed E-state index contributed by atoms with van der Waals surface area (Å²) in [5.41, 5.74) is 0.371. The lowest BCUT2D eigenvalue weighted by Crippen LogP contribution is -2.45. The van der Waals surface area contributed by atoms with E-state index in [1.165, 1.54) is 24.6 Å². The molecule has 1 fully saturated rings. The van der Waals surface area contributed by atoms with Crippen LogP contribution in [0.15, 0.2) is 12.1 Å². The van der Waals surface area contributed by atoms with Crippen molar-refractivity contribution in [3.05, 3.63) is 17.2 Å². The lowest BCUT2D eigenvalue weighted by Gasteiger charge is -2.31. The lowest BCUT2D eigenvalue weighted by atomic mass is 9.95. The van der Waals surface area contributed by atoms with Crippen LogP contribution >= 0.6 is 11.6 Å². The van der Waals surface area contributed by atoms with Crippen molar-refractivity contribution >= 4 is 33.2 Å². The molecule has 1 aromatic carbocycles. The Labute approximate surface area is 159 Å². The zero-order valence-electron chi connectivity index (χ0n) is 15.2. The Kier molecular flexibility index (Phi) is 7.14. The normalized spacial score (nSPS) is 15.7. The molecule has 0 spiro atoms. The van der Waals surface area contributed by atoms with Gasteiger partial charge >= 0.3 is 0 Å². The molecule has 0 unspecified atom stereocenters. The average Bonchev–Trinajstić information content (AvgIpc) is 2.60. The van der Waals surface area contributed by atoms with Gasteiger partial charge < -0.3 is 14.8 Å². The molecule has 26 heavy (non-hydrogen) atoms. The number of nitrogens with one attached hydrogen (secondary N) is 1. The van der Waals surface area contributed by atoms with E-state index in [4.69, 9.17) is 21.1 Å². The third-order valence-electron chi connectivity index (χ3n) is 4.46. The Balaban J connectivity index is 2.17. The summed E-state index contributed by atoms with van der Waals surface area (Å²) in [4.78, 5) is 12.5. The third-order valence-corrected chi connectivity index (χ3v) is 6.03. The number of benzene rings is 1. The van der Waals surface area contributed by atoms with Gasteiger partial charge in [-0.2, -0.15) is 4.31 Å². The van der Waals surface area contributed by atoms with E-state index in [0.717, 1.165) is 38.4 Å². The van der Waals surface area contributed by atoms with Gasteiger partial charge in [0.2, 0.25) is 15.9 Å².